The maximum absolute atomic E-state index is 13.1. The van der Waals surface area contributed by atoms with Crippen LogP contribution in [0, 0.1) is 17.1 Å². The fourth-order valence-electron chi connectivity index (χ4n) is 2.44. The SMILES string of the molecule is N=C(N)c1cc(F)ccc1COCC1CCCC1. The van der Waals surface area contributed by atoms with Gasteiger partial charge in [0.2, 0.25) is 0 Å². The molecule has 2 rings (SSSR count). The minimum Gasteiger partial charge on any atom is -0.384 e. The van der Waals surface area contributed by atoms with Crippen LogP contribution in [0.5, 0.6) is 0 Å². The summed E-state index contributed by atoms with van der Waals surface area (Å²) in [7, 11) is 0. The van der Waals surface area contributed by atoms with Crippen LogP contribution in [0.2, 0.25) is 0 Å². The van der Waals surface area contributed by atoms with Crippen LogP contribution in [0.4, 0.5) is 4.39 Å². The van der Waals surface area contributed by atoms with Gasteiger partial charge >= 0.3 is 0 Å². The number of hydrogen-bond acceptors (Lipinski definition) is 2. The Kier molecular flexibility index (Phi) is 4.31. The van der Waals surface area contributed by atoms with Crippen LogP contribution < -0.4 is 5.73 Å². The molecule has 1 aromatic rings. The second kappa shape index (κ2) is 5.96. The molecule has 4 heteroatoms. The van der Waals surface area contributed by atoms with Gasteiger partial charge in [0.1, 0.15) is 11.7 Å². The highest BCUT2D eigenvalue weighted by Crippen LogP contribution is 2.25. The van der Waals surface area contributed by atoms with Gasteiger partial charge in [-0.15, -0.1) is 0 Å². The summed E-state index contributed by atoms with van der Waals surface area (Å²) in [5.41, 5.74) is 6.65. The summed E-state index contributed by atoms with van der Waals surface area (Å²) in [6, 6.07) is 4.30. The number of hydrogen-bond donors (Lipinski definition) is 2. The van der Waals surface area contributed by atoms with Gasteiger partial charge in [0.15, 0.2) is 0 Å². The Morgan fingerprint density at radius 1 is 1.39 bits per heavy atom. The Bertz CT molecular complexity index is 428. The number of amidine groups is 1. The third-order valence-corrected chi connectivity index (χ3v) is 3.45. The summed E-state index contributed by atoms with van der Waals surface area (Å²) in [6.07, 6.45) is 5.07. The molecule has 1 aromatic carbocycles. The van der Waals surface area contributed by atoms with Gasteiger partial charge in [-0.2, -0.15) is 0 Å². The minimum absolute atomic E-state index is 0.117. The predicted octanol–water partition coefficient (Wildman–Crippen LogP) is 2.82. The fraction of sp³-hybridized carbons (Fsp3) is 0.500. The molecule has 0 saturated heterocycles. The average molecular weight is 250 g/mol. The van der Waals surface area contributed by atoms with E-state index >= 15 is 0 Å². The van der Waals surface area contributed by atoms with E-state index in [0.29, 0.717) is 18.1 Å². The topological polar surface area (TPSA) is 59.1 Å². The van der Waals surface area contributed by atoms with Crippen molar-refractivity contribution in [1.82, 2.24) is 0 Å². The Balaban J connectivity index is 1.93. The van der Waals surface area contributed by atoms with Gasteiger partial charge in [-0.05, 0) is 36.5 Å². The van der Waals surface area contributed by atoms with Gasteiger partial charge in [0.25, 0.3) is 0 Å². The molecule has 0 aliphatic heterocycles. The molecule has 98 valence electrons. The van der Waals surface area contributed by atoms with E-state index in [0.717, 1.165) is 12.2 Å². The molecular weight excluding hydrogens is 231 g/mol. The molecule has 0 atom stereocenters. The number of nitrogens with one attached hydrogen (secondary N) is 1. The molecule has 3 N–H and O–H groups in total. The molecule has 18 heavy (non-hydrogen) atoms. The second-order valence-corrected chi connectivity index (χ2v) is 4.88. The third-order valence-electron chi connectivity index (χ3n) is 3.45. The lowest BCUT2D eigenvalue weighted by atomic mass is 10.1. The van der Waals surface area contributed by atoms with Crippen LogP contribution in [0.15, 0.2) is 18.2 Å². The van der Waals surface area contributed by atoms with Gasteiger partial charge in [-0.25, -0.2) is 4.39 Å². The molecule has 0 aromatic heterocycles. The van der Waals surface area contributed by atoms with Gasteiger partial charge in [0, 0.05) is 12.2 Å². The average Bonchev–Trinajstić information content (AvgIpc) is 2.84. The molecule has 0 heterocycles. The van der Waals surface area contributed by atoms with Gasteiger partial charge < -0.3 is 10.5 Å². The van der Waals surface area contributed by atoms with Crippen molar-refractivity contribution >= 4 is 5.84 Å². The number of benzene rings is 1. The summed E-state index contributed by atoms with van der Waals surface area (Å²) in [4.78, 5) is 0. The highest BCUT2D eigenvalue weighted by atomic mass is 19.1. The van der Waals surface area contributed by atoms with E-state index in [1.165, 1.54) is 37.8 Å². The van der Waals surface area contributed by atoms with Crippen LogP contribution in [0.1, 0.15) is 36.8 Å². The van der Waals surface area contributed by atoms with Crippen molar-refractivity contribution in [3.05, 3.63) is 35.1 Å². The molecule has 1 aliphatic carbocycles. The van der Waals surface area contributed by atoms with Crippen LogP contribution in [0.3, 0.4) is 0 Å². The number of rotatable bonds is 5. The minimum atomic E-state index is -0.375. The third kappa shape index (κ3) is 3.29. The Morgan fingerprint density at radius 3 is 2.78 bits per heavy atom. The molecule has 1 fully saturated rings. The quantitative estimate of drug-likeness (QED) is 0.623. The van der Waals surface area contributed by atoms with Crippen LogP contribution in [-0.4, -0.2) is 12.4 Å². The lowest BCUT2D eigenvalue weighted by Crippen LogP contribution is -2.15. The maximum Gasteiger partial charge on any atom is 0.123 e. The van der Waals surface area contributed by atoms with Crippen LogP contribution >= 0.6 is 0 Å². The van der Waals surface area contributed by atoms with Crippen molar-refractivity contribution in [3.8, 4) is 0 Å². The highest BCUT2D eigenvalue weighted by Gasteiger charge is 2.15. The van der Waals surface area contributed by atoms with E-state index in [4.69, 9.17) is 15.9 Å². The second-order valence-electron chi connectivity index (χ2n) is 4.88. The standard InChI is InChI=1S/C14H19FN2O/c15-12-6-5-11(13(7-12)14(16)17)9-18-8-10-3-1-2-4-10/h5-7,10H,1-4,8-9H2,(H3,16,17). The summed E-state index contributed by atoms with van der Waals surface area (Å²) >= 11 is 0. The number of halogens is 1. The van der Waals surface area contributed by atoms with Crippen LogP contribution in [0.25, 0.3) is 0 Å². The molecule has 0 spiro atoms. The van der Waals surface area contributed by atoms with Crippen molar-refractivity contribution in [2.45, 2.75) is 32.3 Å². The zero-order valence-corrected chi connectivity index (χ0v) is 10.4. The van der Waals surface area contributed by atoms with Gasteiger partial charge in [0.05, 0.1) is 6.61 Å². The largest absolute Gasteiger partial charge is 0.384 e. The van der Waals surface area contributed by atoms with Gasteiger partial charge in [-0.3, -0.25) is 5.41 Å². The van der Waals surface area contributed by atoms with Crippen molar-refractivity contribution in [1.29, 1.82) is 5.41 Å². The lowest BCUT2D eigenvalue weighted by molar-refractivity contribution is 0.0887. The first-order valence-electron chi connectivity index (χ1n) is 6.37. The zero-order chi connectivity index (χ0) is 13.0. The molecule has 3 nitrogen and oxygen atoms in total. The molecule has 0 amide bonds. The maximum atomic E-state index is 13.1. The van der Waals surface area contributed by atoms with E-state index in [1.54, 1.807) is 6.07 Å². The first-order chi connectivity index (χ1) is 8.66. The zero-order valence-electron chi connectivity index (χ0n) is 10.4. The molecule has 0 bridgehead atoms. The van der Waals surface area contributed by atoms with Crippen molar-refractivity contribution in [2.24, 2.45) is 11.7 Å². The summed E-state index contributed by atoms with van der Waals surface area (Å²) in [5.74, 6) is 0.167. The van der Waals surface area contributed by atoms with Crippen molar-refractivity contribution in [2.75, 3.05) is 6.61 Å². The smallest absolute Gasteiger partial charge is 0.123 e. The molecule has 1 saturated carbocycles. The summed E-state index contributed by atoms with van der Waals surface area (Å²) in [5, 5.41) is 7.43. The molecular formula is C14H19FN2O. The Morgan fingerprint density at radius 2 is 2.11 bits per heavy atom. The molecule has 0 radical (unpaired) electrons. The Labute approximate surface area is 107 Å². The van der Waals surface area contributed by atoms with E-state index < -0.39 is 0 Å². The molecule has 0 unspecified atom stereocenters. The summed E-state index contributed by atoms with van der Waals surface area (Å²) < 4.78 is 18.7. The van der Waals surface area contributed by atoms with E-state index in [9.17, 15) is 4.39 Å². The fourth-order valence-corrected chi connectivity index (χ4v) is 2.44. The lowest BCUT2D eigenvalue weighted by Gasteiger charge is -2.12. The van der Waals surface area contributed by atoms with E-state index in [2.05, 4.69) is 0 Å². The van der Waals surface area contributed by atoms with Crippen LogP contribution in [-0.2, 0) is 11.3 Å². The van der Waals surface area contributed by atoms with Gasteiger partial charge in [-0.1, -0.05) is 18.9 Å². The van der Waals surface area contributed by atoms with E-state index in [-0.39, 0.29) is 11.7 Å². The normalized spacial score (nSPS) is 16.1. The van der Waals surface area contributed by atoms with E-state index in [1.807, 2.05) is 0 Å². The monoisotopic (exact) mass is 250 g/mol. The molecule has 1 aliphatic rings. The van der Waals surface area contributed by atoms with Crippen molar-refractivity contribution in [3.63, 3.8) is 0 Å². The number of nitrogen functional groups attached to an aromatic ring is 1. The number of ether oxygens (including phenoxy) is 1. The predicted molar refractivity (Wildman–Crippen MR) is 69.0 cm³/mol. The highest BCUT2D eigenvalue weighted by molar-refractivity contribution is 5.96. The summed E-state index contributed by atoms with van der Waals surface area (Å²) in [6.45, 7) is 1.14. The number of nitrogens with two attached hydrogens (primary N) is 1. The Hall–Kier alpha value is -1.42. The van der Waals surface area contributed by atoms with Crippen molar-refractivity contribution < 1.29 is 9.13 Å². The first-order valence-corrected chi connectivity index (χ1v) is 6.37. The first kappa shape index (κ1) is 13.0.